The summed E-state index contributed by atoms with van der Waals surface area (Å²) in [7, 11) is 0. The van der Waals surface area contributed by atoms with Gasteiger partial charge in [0.05, 0.1) is 18.2 Å². The van der Waals surface area contributed by atoms with Crippen LogP contribution in [0.1, 0.15) is 54.4 Å². The van der Waals surface area contributed by atoms with Crippen LogP contribution in [-0.4, -0.2) is 12.0 Å². The maximum atomic E-state index is 12.2. The number of rotatable bonds is 8. The summed E-state index contributed by atoms with van der Waals surface area (Å²) in [4.78, 5) is 12.2. The molecule has 0 saturated heterocycles. The Kier molecular flexibility index (Phi) is 8.69. The van der Waals surface area contributed by atoms with Gasteiger partial charge in [-0.05, 0) is 43.9 Å². The lowest BCUT2D eigenvalue weighted by molar-refractivity contribution is 0.0949. The molecule has 0 aliphatic carbocycles. The van der Waals surface area contributed by atoms with Gasteiger partial charge >= 0.3 is 0 Å². The van der Waals surface area contributed by atoms with E-state index in [1.54, 1.807) is 6.07 Å². The van der Waals surface area contributed by atoms with Gasteiger partial charge in [-0.15, -0.1) is 12.4 Å². The molecule has 1 amide bonds. The molecule has 0 fully saturated rings. The highest BCUT2D eigenvalue weighted by Gasteiger charge is 2.13. The van der Waals surface area contributed by atoms with Crippen LogP contribution in [0.25, 0.3) is 0 Å². The molecule has 2 aromatic rings. The first-order chi connectivity index (χ1) is 11.9. The van der Waals surface area contributed by atoms with Crippen LogP contribution in [0.3, 0.4) is 0 Å². The standard InChI is InChI=1S/C20H28N2O3.ClH/c1-13(2)7-15(4)25-19-8-14(3)5-6-16(19)11-22-20(23)17-9-18(10-21)24-12-17;/h5-6,8-9,12-13,15H,7,10-11,21H2,1-4H3,(H,22,23);1H. The van der Waals surface area contributed by atoms with Gasteiger partial charge in [0.1, 0.15) is 17.8 Å². The van der Waals surface area contributed by atoms with E-state index in [0.29, 0.717) is 23.8 Å². The summed E-state index contributed by atoms with van der Waals surface area (Å²) in [6.07, 6.45) is 2.53. The number of carbonyl (C=O) groups excluding carboxylic acids is 1. The zero-order valence-electron chi connectivity index (χ0n) is 15.9. The van der Waals surface area contributed by atoms with E-state index < -0.39 is 0 Å². The van der Waals surface area contributed by atoms with Crippen molar-refractivity contribution in [2.45, 2.75) is 53.3 Å². The van der Waals surface area contributed by atoms with E-state index in [0.717, 1.165) is 23.3 Å². The molecule has 1 atom stereocenters. The van der Waals surface area contributed by atoms with E-state index in [2.05, 4.69) is 26.1 Å². The first-order valence-corrected chi connectivity index (χ1v) is 8.71. The molecular formula is C20H29ClN2O3. The lowest BCUT2D eigenvalue weighted by Crippen LogP contribution is -2.23. The first-order valence-electron chi connectivity index (χ1n) is 8.71. The molecule has 0 radical (unpaired) electrons. The second-order valence-electron chi connectivity index (χ2n) is 6.86. The maximum absolute atomic E-state index is 12.2. The molecular weight excluding hydrogens is 352 g/mol. The Balaban J connectivity index is 0.00000338. The van der Waals surface area contributed by atoms with E-state index in [4.69, 9.17) is 14.9 Å². The summed E-state index contributed by atoms with van der Waals surface area (Å²) < 4.78 is 11.3. The van der Waals surface area contributed by atoms with Gasteiger partial charge < -0.3 is 20.2 Å². The minimum Gasteiger partial charge on any atom is -0.490 e. The molecule has 0 saturated carbocycles. The van der Waals surface area contributed by atoms with Gasteiger partial charge in [-0.2, -0.15) is 0 Å². The van der Waals surface area contributed by atoms with Crippen molar-refractivity contribution in [3.63, 3.8) is 0 Å². The Bertz CT molecular complexity index is 713. The highest BCUT2D eigenvalue weighted by molar-refractivity contribution is 5.93. The first kappa shape index (κ1) is 22.1. The van der Waals surface area contributed by atoms with Gasteiger partial charge in [0, 0.05) is 12.1 Å². The van der Waals surface area contributed by atoms with Crippen LogP contribution in [0.15, 0.2) is 34.9 Å². The smallest absolute Gasteiger partial charge is 0.254 e. The molecule has 1 heterocycles. The molecule has 26 heavy (non-hydrogen) atoms. The molecule has 3 N–H and O–H groups in total. The van der Waals surface area contributed by atoms with Gasteiger partial charge in [0.25, 0.3) is 5.91 Å². The fraction of sp³-hybridized carbons (Fsp3) is 0.450. The summed E-state index contributed by atoms with van der Waals surface area (Å²) in [5.41, 5.74) is 8.06. The quantitative estimate of drug-likeness (QED) is 0.719. The minimum atomic E-state index is -0.190. The van der Waals surface area contributed by atoms with Gasteiger partial charge in [0.15, 0.2) is 0 Å². The minimum absolute atomic E-state index is 0. The number of benzene rings is 1. The van der Waals surface area contributed by atoms with Crippen molar-refractivity contribution in [3.05, 3.63) is 53.0 Å². The van der Waals surface area contributed by atoms with Crippen molar-refractivity contribution in [2.24, 2.45) is 11.7 Å². The summed E-state index contributed by atoms with van der Waals surface area (Å²) in [6, 6.07) is 7.69. The van der Waals surface area contributed by atoms with Crippen LogP contribution >= 0.6 is 12.4 Å². The fourth-order valence-electron chi connectivity index (χ4n) is 2.73. The number of aryl methyl sites for hydroxylation is 1. The van der Waals surface area contributed by atoms with Crippen LogP contribution < -0.4 is 15.8 Å². The largest absolute Gasteiger partial charge is 0.490 e. The Hall–Kier alpha value is -1.98. The zero-order valence-corrected chi connectivity index (χ0v) is 16.7. The van der Waals surface area contributed by atoms with Crippen molar-refractivity contribution in [1.82, 2.24) is 5.32 Å². The van der Waals surface area contributed by atoms with E-state index in [9.17, 15) is 4.79 Å². The molecule has 0 aliphatic heterocycles. The number of furan rings is 1. The third-order valence-electron chi connectivity index (χ3n) is 3.91. The second kappa shape index (κ2) is 10.2. The summed E-state index contributed by atoms with van der Waals surface area (Å²) in [6.45, 7) is 9.13. The molecule has 5 nitrogen and oxygen atoms in total. The predicted octanol–water partition coefficient (Wildman–Crippen LogP) is 4.21. The number of carbonyl (C=O) groups is 1. The number of hydrogen-bond donors (Lipinski definition) is 2. The average Bonchev–Trinajstić information content (AvgIpc) is 3.02. The van der Waals surface area contributed by atoms with Crippen molar-refractivity contribution >= 4 is 18.3 Å². The fourth-order valence-corrected chi connectivity index (χ4v) is 2.73. The normalized spacial score (nSPS) is 11.8. The molecule has 0 aliphatic rings. The van der Waals surface area contributed by atoms with E-state index >= 15 is 0 Å². The third-order valence-corrected chi connectivity index (χ3v) is 3.91. The van der Waals surface area contributed by atoms with Gasteiger partial charge in [0.2, 0.25) is 0 Å². The lowest BCUT2D eigenvalue weighted by Gasteiger charge is -2.19. The molecule has 1 aromatic carbocycles. The third kappa shape index (κ3) is 6.39. The van der Waals surface area contributed by atoms with Crippen LogP contribution in [0.5, 0.6) is 5.75 Å². The van der Waals surface area contributed by atoms with Crippen molar-refractivity contribution in [3.8, 4) is 5.75 Å². The van der Waals surface area contributed by atoms with Gasteiger partial charge in [-0.1, -0.05) is 26.0 Å². The van der Waals surface area contributed by atoms with E-state index in [-0.39, 0.29) is 31.0 Å². The van der Waals surface area contributed by atoms with Crippen LogP contribution in [-0.2, 0) is 13.1 Å². The summed E-state index contributed by atoms with van der Waals surface area (Å²) >= 11 is 0. The number of amides is 1. The van der Waals surface area contributed by atoms with Gasteiger partial charge in [-0.25, -0.2) is 0 Å². The van der Waals surface area contributed by atoms with Crippen molar-refractivity contribution in [1.29, 1.82) is 0 Å². The highest BCUT2D eigenvalue weighted by Crippen LogP contribution is 2.23. The topological polar surface area (TPSA) is 77.5 Å². The van der Waals surface area contributed by atoms with E-state index in [1.807, 2.05) is 25.1 Å². The number of nitrogens with one attached hydrogen (secondary N) is 1. The Labute approximate surface area is 161 Å². The molecule has 1 aromatic heterocycles. The number of halogens is 1. The predicted molar refractivity (Wildman–Crippen MR) is 106 cm³/mol. The number of nitrogens with two attached hydrogens (primary N) is 1. The molecule has 0 spiro atoms. The SMILES string of the molecule is Cc1ccc(CNC(=O)c2coc(CN)c2)c(OC(C)CC(C)C)c1.Cl. The Morgan fingerprint density at radius 1 is 1.27 bits per heavy atom. The second-order valence-corrected chi connectivity index (χ2v) is 6.86. The van der Waals surface area contributed by atoms with Crippen LogP contribution in [0, 0.1) is 12.8 Å². The Morgan fingerprint density at radius 3 is 2.62 bits per heavy atom. The monoisotopic (exact) mass is 380 g/mol. The lowest BCUT2D eigenvalue weighted by atomic mass is 10.1. The molecule has 144 valence electrons. The van der Waals surface area contributed by atoms with Crippen LogP contribution in [0.2, 0.25) is 0 Å². The zero-order chi connectivity index (χ0) is 18.4. The average molecular weight is 381 g/mol. The molecule has 2 rings (SSSR count). The van der Waals surface area contributed by atoms with Crippen molar-refractivity contribution in [2.75, 3.05) is 0 Å². The van der Waals surface area contributed by atoms with Gasteiger partial charge in [-0.3, -0.25) is 4.79 Å². The summed E-state index contributed by atoms with van der Waals surface area (Å²) in [5, 5.41) is 2.91. The summed E-state index contributed by atoms with van der Waals surface area (Å²) in [5.74, 6) is 1.79. The maximum Gasteiger partial charge on any atom is 0.254 e. The Morgan fingerprint density at radius 2 is 2.00 bits per heavy atom. The number of hydrogen-bond acceptors (Lipinski definition) is 4. The molecule has 1 unspecified atom stereocenters. The molecule has 0 bridgehead atoms. The van der Waals surface area contributed by atoms with Crippen molar-refractivity contribution < 1.29 is 13.9 Å². The van der Waals surface area contributed by atoms with E-state index in [1.165, 1.54) is 6.26 Å². The van der Waals surface area contributed by atoms with Crippen LogP contribution in [0.4, 0.5) is 0 Å². The highest BCUT2D eigenvalue weighted by atomic mass is 35.5. The number of ether oxygens (including phenoxy) is 1. The molecule has 6 heteroatoms.